The zero-order valence-corrected chi connectivity index (χ0v) is 16.6. The Morgan fingerprint density at radius 3 is 2.59 bits per heavy atom. The minimum atomic E-state index is -0.403. The number of carbonyl (C=O) groups excluding carboxylic acids is 2. The Bertz CT molecular complexity index is 1030. The Morgan fingerprint density at radius 2 is 1.90 bits per heavy atom. The van der Waals surface area contributed by atoms with E-state index in [1.165, 1.54) is 41.2 Å². The van der Waals surface area contributed by atoms with Gasteiger partial charge >= 0.3 is 0 Å². The number of nitrogens with zero attached hydrogens (tertiary/aromatic N) is 3. The monoisotopic (exact) mass is 410 g/mol. The van der Waals surface area contributed by atoms with Crippen LogP contribution in [0.15, 0.2) is 48.5 Å². The fourth-order valence-corrected chi connectivity index (χ4v) is 4.08. The molecule has 0 aliphatic carbocycles. The van der Waals surface area contributed by atoms with E-state index in [4.69, 9.17) is 0 Å². The van der Waals surface area contributed by atoms with Gasteiger partial charge in [0, 0.05) is 30.1 Å². The quantitative estimate of drug-likeness (QED) is 0.690. The summed E-state index contributed by atoms with van der Waals surface area (Å²) in [6.07, 6.45) is 1.31. The highest BCUT2D eigenvalue weighted by Crippen LogP contribution is 2.34. The summed E-state index contributed by atoms with van der Waals surface area (Å²) in [5, 5.41) is 11.9. The molecule has 1 aromatic heterocycles. The van der Waals surface area contributed by atoms with Gasteiger partial charge in [-0.2, -0.15) is 0 Å². The first kappa shape index (κ1) is 19.2. The largest absolute Gasteiger partial charge is 0.312 e. The molecule has 1 N–H and O–H groups in total. The summed E-state index contributed by atoms with van der Waals surface area (Å²) >= 11 is 1.25. The minimum Gasteiger partial charge on any atom is -0.312 e. The van der Waals surface area contributed by atoms with Crippen molar-refractivity contribution in [3.05, 3.63) is 70.5 Å². The molecule has 1 fully saturated rings. The Balaban J connectivity index is 1.43. The van der Waals surface area contributed by atoms with Crippen molar-refractivity contribution in [2.75, 3.05) is 16.8 Å². The maximum Gasteiger partial charge on any atom is 0.257 e. The Hall–Kier alpha value is -3.13. The third kappa shape index (κ3) is 4.17. The van der Waals surface area contributed by atoms with Crippen LogP contribution in [0.1, 0.15) is 40.2 Å². The highest BCUT2D eigenvalue weighted by molar-refractivity contribution is 7.15. The second kappa shape index (κ2) is 8.08. The molecule has 1 aliphatic rings. The molecule has 1 atom stereocenters. The third-order valence-electron chi connectivity index (χ3n) is 4.90. The summed E-state index contributed by atoms with van der Waals surface area (Å²) in [6, 6.07) is 13.3. The highest BCUT2D eigenvalue weighted by atomic mass is 32.1. The van der Waals surface area contributed by atoms with Crippen molar-refractivity contribution >= 4 is 34.0 Å². The van der Waals surface area contributed by atoms with Gasteiger partial charge < -0.3 is 4.90 Å². The molecule has 3 aromatic rings. The fourth-order valence-electron chi connectivity index (χ4n) is 3.25. The van der Waals surface area contributed by atoms with Crippen LogP contribution < -0.4 is 10.2 Å². The van der Waals surface area contributed by atoms with Gasteiger partial charge in [-0.25, -0.2) is 4.39 Å². The maximum atomic E-state index is 13.0. The van der Waals surface area contributed by atoms with Crippen molar-refractivity contribution in [1.82, 2.24) is 10.2 Å². The number of benzene rings is 2. The molecule has 8 heteroatoms. The number of nitrogens with one attached hydrogen (secondary N) is 1. The van der Waals surface area contributed by atoms with Gasteiger partial charge in [0.2, 0.25) is 11.0 Å². The summed E-state index contributed by atoms with van der Waals surface area (Å²) in [5.74, 6) is -0.805. The molecular weight excluding hydrogens is 391 g/mol. The first-order chi connectivity index (χ1) is 14.0. The average molecular weight is 410 g/mol. The van der Waals surface area contributed by atoms with E-state index in [9.17, 15) is 14.0 Å². The van der Waals surface area contributed by atoms with E-state index in [0.29, 0.717) is 28.7 Å². The first-order valence-electron chi connectivity index (χ1n) is 9.33. The molecule has 0 radical (unpaired) electrons. The standard InChI is InChI=1S/C21H19FN4O2S/c1-2-13-3-9-17(10-4-13)26-12-15(11-18(26)27)20-24-25-21(29-20)23-19(28)14-5-7-16(22)8-6-14/h3-10,15H,2,11-12H2,1H3,(H,23,25,28)/t15-/m0/s1. The third-order valence-corrected chi connectivity index (χ3v) is 5.90. The van der Waals surface area contributed by atoms with Crippen molar-refractivity contribution in [2.24, 2.45) is 0 Å². The lowest BCUT2D eigenvalue weighted by atomic mass is 10.1. The maximum absolute atomic E-state index is 13.0. The van der Waals surface area contributed by atoms with Crippen molar-refractivity contribution < 1.29 is 14.0 Å². The van der Waals surface area contributed by atoms with Crippen LogP contribution in [0, 0.1) is 5.82 Å². The number of aromatic nitrogens is 2. The molecule has 6 nitrogen and oxygen atoms in total. The van der Waals surface area contributed by atoms with Crippen LogP contribution in [0.5, 0.6) is 0 Å². The van der Waals surface area contributed by atoms with Gasteiger partial charge in [-0.05, 0) is 48.4 Å². The molecule has 0 unspecified atom stereocenters. The summed E-state index contributed by atoms with van der Waals surface area (Å²) in [5.41, 5.74) is 2.44. The molecule has 29 heavy (non-hydrogen) atoms. The van der Waals surface area contributed by atoms with Crippen LogP contribution in [-0.2, 0) is 11.2 Å². The van der Waals surface area contributed by atoms with Gasteiger partial charge in [-0.15, -0.1) is 10.2 Å². The van der Waals surface area contributed by atoms with E-state index < -0.39 is 5.82 Å². The van der Waals surface area contributed by atoms with Crippen LogP contribution in [0.4, 0.5) is 15.2 Å². The number of rotatable bonds is 5. The van der Waals surface area contributed by atoms with Gasteiger partial charge in [0.25, 0.3) is 5.91 Å². The molecular formula is C21H19FN4O2S. The molecule has 4 rings (SSSR count). The Morgan fingerprint density at radius 1 is 1.17 bits per heavy atom. The second-order valence-electron chi connectivity index (χ2n) is 6.83. The van der Waals surface area contributed by atoms with Crippen LogP contribution in [0.25, 0.3) is 0 Å². The van der Waals surface area contributed by atoms with Gasteiger partial charge in [-0.3, -0.25) is 14.9 Å². The normalized spacial score (nSPS) is 16.3. The van der Waals surface area contributed by atoms with Crippen LogP contribution in [-0.4, -0.2) is 28.6 Å². The molecule has 0 saturated carbocycles. The average Bonchev–Trinajstić information content (AvgIpc) is 3.35. The number of carbonyl (C=O) groups is 2. The van der Waals surface area contributed by atoms with E-state index in [-0.39, 0.29) is 17.7 Å². The predicted octanol–water partition coefficient (Wildman–Crippen LogP) is 4.01. The second-order valence-corrected chi connectivity index (χ2v) is 7.84. The lowest BCUT2D eigenvalue weighted by Crippen LogP contribution is -2.24. The topological polar surface area (TPSA) is 75.2 Å². The highest BCUT2D eigenvalue weighted by Gasteiger charge is 2.34. The molecule has 2 heterocycles. The summed E-state index contributed by atoms with van der Waals surface area (Å²) in [4.78, 5) is 26.5. The molecule has 148 valence electrons. The van der Waals surface area contributed by atoms with Crippen molar-refractivity contribution in [1.29, 1.82) is 0 Å². The fraction of sp³-hybridized carbons (Fsp3) is 0.238. The summed E-state index contributed by atoms with van der Waals surface area (Å²) in [6.45, 7) is 2.62. The number of hydrogen-bond donors (Lipinski definition) is 1. The summed E-state index contributed by atoms with van der Waals surface area (Å²) in [7, 11) is 0. The van der Waals surface area contributed by atoms with Gasteiger partial charge in [0.05, 0.1) is 0 Å². The molecule has 2 amide bonds. The number of aryl methyl sites for hydroxylation is 1. The predicted molar refractivity (Wildman–Crippen MR) is 110 cm³/mol. The van der Waals surface area contributed by atoms with Crippen molar-refractivity contribution in [3.63, 3.8) is 0 Å². The molecule has 0 spiro atoms. The SMILES string of the molecule is CCc1ccc(N2C[C@@H](c3nnc(NC(=O)c4ccc(F)cc4)s3)CC2=O)cc1. The Labute approximate surface area is 171 Å². The minimum absolute atomic E-state index is 0.0475. The summed E-state index contributed by atoms with van der Waals surface area (Å²) < 4.78 is 13.0. The van der Waals surface area contributed by atoms with E-state index in [2.05, 4.69) is 22.4 Å². The number of hydrogen-bond acceptors (Lipinski definition) is 5. The number of amides is 2. The van der Waals surface area contributed by atoms with Gasteiger partial charge in [0.15, 0.2) is 0 Å². The van der Waals surface area contributed by atoms with Gasteiger partial charge in [-0.1, -0.05) is 30.4 Å². The molecule has 1 saturated heterocycles. The van der Waals surface area contributed by atoms with Crippen LogP contribution >= 0.6 is 11.3 Å². The number of anilines is 2. The zero-order chi connectivity index (χ0) is 20.4. The van der Waals surface area contributed by atoms with E-state index in [1.54, 1.807) is 4.90 Å². The lowest BCUT2D eigenvalue weighted by molar-refractivity contribution is -0.117. The molecule has 1 aliphatic heterocycles. The molecule has 0 bridgehead atoms. The molecule has 2 aromatic carbocycles. The van der Waals surface area contributed by atoms with Crippen molar-refractivity contribution in [3.8, 4) is 0 Å². The first-order valence-corrected chi connectivity index (χ1v) is 10.1. The van der Waals surface area contributed by atoms with E-state index in [0.717, 1.165) is 12.1 Å². The Kier molecular flexibility index (Phi) is 5.35. The zero-order valence-electron chi connectivity index (χ0n) is 15.8. The number of halogens is 1. The van der Waals surface area contributed by atoms with Crippen LogP contribution in [0.3, 0.4) is 0 Å². The van der Waals surface area contributed by atoms with E-state index >= 15 is 0 Å². The smallest absolute Gasteiger partial charge is 0.257 e. The van der Waals surface area contributed by atoms with E-state index in [1.807, 2.05) is 24.3 Å². The van der Waals surface area contributed by atoms with Crippen molar-refractivity contribution in [2.45, 2.75) is 25.7 Å². The van der Waals surface area contributed by atoms with Crippen LogP contribution in [0.2, 0.25) is 0 Å². The lowest BCUT2D eigenvalue weighted by Gasteiger charge is -2.16. The van der Waals surface area contributed by atoms with Gasteiger partial charge in [0.1, 0.15) is 10.8 Å².